The van der Waals surface area contributed by atoms with Crippen molar-refractivity contribution in [1.29, 1.82) is 0 Å². The first kappa shape index (κ1) is 22.7. The van der Waals surface area contributed by atoms with Crippen LogP contribution in [-0.2, 0) is 4.79 Å². The van der Waals surface area contributed by atoms with Gasteiger partial charge < -0.3 is 23.9 Å². The van der Waals surface area contributed by atoms with Gasteiger partial charge in [0.15, 0.2) is 0 Å². The van der Waals surface area contributed by atoms with Gasteiger partial charge >= 0.3 is 0 Å². The highest BCUT2D eigenvalue weighted by molar-refractivity contribution is 5.95. The Morgan fingerprint density at radius 2 is 1.81 bits per heavy atom. The molecule has 7 nitrogen and oxygen atoms in total. The van der Waals surface area contributed by atoms with Gasteiger partial charge in [0, 0.05) is 45.7 Å². The van der Waals surface area contributed by atoms with Crippen molar-refractivity contribution < 1.29 is 18.7 Å². The number of benzene rings is 1. The van der Waals surface area contributed by atoms with Gasteiger partial charge in [-0.2, -0.15) is 0 Å². The van der Waals surface area contributed by atoms with Gasteiger partial charge in [0.1, 0.15) is 17.3 Å². The fourth-order valence-corrected chi connectivity index (χ4v) is 4.07. The normalized spacial score (nSPS) is 13.9. The lowest BCUT2D eigenvalue weighted by Gasteiger charge is -2.37. The van der Waals surface area contributed by atoms with Crippen LogP contribution in [-0.4, -0.2) is 68.0 Å². The molecule has 0 N–H and O–H groups in total. The van der Waals surface area contributed by atoms with Crippen molar-refractivity contribution in [3.63, 3.8) is 0 Å². The molecular weight excluding hydrogens is 394 g/mol. The molecule has 7 heteroatoms. The number of carbonyl (C=O) groups excluding carboxylic acids is 2. The van der Waals surface area contributed by atoms with Crippen LogP contribution in [0.2, 0.25) is 0 Å². The molecule has 3 rings (SSSR count). The van der Waals surface area contributed by atoms with Gasteiger partial charge in [0.05, 0.1) is 18.4 Å². The van der Waals surface area contributed by atoms with Crippen molar-refractivity contribution in [3.8, 4) is 5.75 Å². The summed E-state index contributed by atoms with van der Waals surface area (Å²) in [5.41, 5.74) is 1.64. The first-order valence-electron chi connectivity index (χ1n) is 11.0. The molecule has 1 aliphatic rings. The number of furan rings is 1. The number of carbonyl (C=O) groups is 2. The van der Waals surface area contributed by atoms with E-state index in [0.29, 0.717) is 43.9 Å². The molecule has 1 saturated heterocycles. The molecule has 0 saturated carbocycles. The highest BCUT2D eigenvalue weighted by atomic mass is 16.5. The quantitative estimate of drug-likeness (QED) is 0.645. The van der Waals surface area contributed by atoms with Crippen LogP contribution in [0.5, 0.6) is 5.75 Å². The van der Waals surface area contributed by atoms with Gasteiger partial charge in [-0.25, -0.2) is 0 Å². The van der Waals surface area contributed by atoms with E-state index >= 15 is 0 Å². The Morgan fingerprint density at radius 1 is 1.10 bits per heavy atom. The van der Waals surface area contributed by atoms with Crippen LogP contribution in [0.3, 0.4) is 0 Å². The van der Waals surface area contributed by atoms with Crippen molar-refractivity contribution >= 4 is 17.5 Å². The number of piperazine rings is 1. The van der Waals surface area contributed by atoms with E-state index < -0.39 is 0 Å². The molecule has 0 atom stereocenters. The summed E-state index contributed by atoms with van der Waals surface area (Å²) in [6, 6.07) is 9.73. The van der Waals surface area contributed by atoms with E-state index in [4.69, 9.17) is 9.15 Å². The molecule has 0 bridgehead atoms. The summed E-state index contributed by atoms with van der Waals surface area (Å²) in [5, 5.41) is 0. The number of aryl methyl sites for hydroxylation is 2. The standard InChI is InChI=1S/C24H33N3O4/c1-5-11-27(24(29)20-17-18(2)31-19(20)3)12-10-23(28)26-15-13-25(14-16-26)21-8-6-7-9-22(21)30-4/h6-9,17H,5,10-16H2,1-4H3. The van der Waals surface area contributed by atoms with Gasteiger partial charge in [0.25, 0.3) is 5.91 Å². The minimum atomic E-state index is -0.0648. The third kappa shape index (κ3) is 5.40. The number of hydrogen-bond donors (Lipinski definition) is 0. The predicted octanol–water partition coefficient (Wildman–Crippen LogP) is 3.50. The summed E-state index contributed by atoms with van der Waals surface area (Å²) in [7, 11) is 1.67. The predicted molar refractivity (Wildman–Crippen MR) is 121 cm³/mol. The number of hydrogen-bond acceptors (Lipinski definition) is 5. The summed E-state index contributed by atoms with van der Waals surface area (Å²) in [4.78, 5) is 31.7. The van der Waals surface area contributed by atoms with Crippen LogP contribution in [0.1, 0.15) is 41.6 Å². The van der Waals surface area contributed by atoms with Gasteiger partial charge in [-0.3, -0.25) is 9.59 Å². The average Bonchev–Trinajstić information content (AvgIpc) is 3.13. The lowest BCUT2D eigenvalue weighted by molar-refractivity contribution is -0.131. The smallest absolute Gasteiger partial charge is 0.257 e. The number of anilines is 1. The average molecular weight is 428 g/mol. The zero-order valence-electron chi connectivity index (χ0n) is 19.0. The summed E-state index contributed by atoms with van der Waals surface area (Å²) >= 11 is 0. The number of rotatable bonds is 8. The molecule has 168 valence electrons. The van der Waals surface area contributed by atoms with Crippen LogP contribution >= 0.6 is 0 Å². The maximum absolute atomic E-state index is 12.9. The molecule has 1 aliphatic heterocycles. The Bertz CT molecular complexity index is 900. The van der Waals surface area contributed by atoms with Crippen molar-refractivity contribution in [2.24, 2.45) is 0 Å². The highest BCUT2D eigenvalue weighted by Crippen LogP contribution is 2.28. The Morgan fingerprint density at radius 3 is 2.42 bits per heavy atom. The molecular formula is C24H33N3O4. The number of ether oxygens (including phenoxy) is 1. The maximum atomic E-state index is 12.9. The van der Waals surface area contributed by atoms with E-state index in [1.54, 1.807) is 25.0 Å². The lowest BCUT2D eigenvalue weighted by Crippen LogP contribution is -2.49. The van der Waals surface area contributed by atoms with Crippen molar-refractivity contribution in [2.75, 3.05) is 51.3 Å². The third-order valence-electron chi connectivity index (χ3n) is 5.71. The first-order valence-corrected chi connectivity index (χ1v) is 11.0. The summed E-state index contributed by atoms with van der Waals surface area (Å²) < 4.78 is 11.0. The molecule has 2 aromatic rings. The van der Waals surface area contributed by atoms with Crippen LogP contribution in [0, 0.1) is 13.8 Å². The number of methoxy groups -OCH3 is 1. The molecule has 2 heterocycles. The topological polar surface area (TPSA) is 66.2 Å². The monoisotopic (exact) mass is 427 g/mol. The number of para-hydroxylation sites is 2. The van der Waals surface area contributed by atoms with Crippen LogP contribution < -0.4 is 9.64 Å². The molecule has 1 aromatic heterocycles. The van der Waals surface area contributed by atoms with E-state index in [-0.39, 0.29) is 11.8 Å². The minimum absolute atomic E-state index is 0.0648. The fraction of sp³-hybridized carbons (Fsp3) is 0.500. The van der Waals surface area contributed by atoms with Gasteiger partial charge in [0.2, 0.25) is 5.91 Å². The zero-order valence-corrected chi connectivity index (χ0v) is 19.0. The zero-order chi connectivity index (χ0) is 22.4. The van der Waals surface area contributed by atoms with Crippen LogP contribution in [0.15, 0.2) is 34.7 Å². The molecule has 31 heavy (non-hydrogen) atoms. The van der Waals surface area contributed by atoms with Gasteiger partial charge in [-0.15, -0.1) is 0 Å². The molecule has 0 spiro atoms. The maximum Gasteiger partial charge on any atom is 0.257 e. The third-order valence-corrected chi connectivity index (χ3v) is 5.71. The Kier molecular flexibility index (Phi) is 7.60. The minimum Gasteiger partial charge on any atom is -0.495 e. The second-order valence-corrected chi connectivity index (χ2v) is 7.91. The van der Waals surface area contributed by atoms with E-state index in [2.05, 4.69) is 4.90 Å². The van der Waals surface area contributed by atoms with Crippen molar-refractivity contribution in [2.45, 2.75) is 33.6 Å². The van der Waals surface area contributed by atoms with Crippen LogP contribution in [0.4, 0.5) is 5.69 Å². The fourth-order valence-electron chi connectivity index (χ4n) is 4.07. The summed E-state index contributed by atoms with van der Waals surface area (Å²) in [6.45, 7) is 9.57. The summed E-state index contributed by atoms with van der Waals surface area (Å²) in [6.07, 6.45) is 1.17. The van der Waals surface area contributed by atoms with Crippen molar-refractivity contribution in [3.05, 3.63) is 47.4 Å². The molecule has 0 unspecified atom stereocenters. The molecule has 1 fully saturated rings. The SMILES string of the molecule is CCCN(CCC(=O)N1CCN(c2ccccc2OC)CC1)C(=O)c1cc(C)oc1C. The molecule has 2 amide bonds. The Labute approximate surface area is 184 Å². The van der Waals surface area contributed by atoms with Gasteiger partial charge in [-0.05, 0) is 38.5 Å². The molecule has 0 aliphatic carbocycles. The number of amides is 2. The Balaban J connectivity index is 1.55. The van der Waals surface area contributed by atoms with E-state index in [1.165, 1.54) is 0 Å². The first-order chi connectivity index (χ1) is 14.9. The van der Waals surface area contributed by atoms with E-state index in [0.717, 1.165) is 36.7 Å². The van der Waals surface area contributed by atoms with Crippen molar-refractivity contribution in [1.82, 2.24) is 9.80 Å². The largest absolute Gasteiger partial charge is 0.495 e. The molecule has 1 aromatic carbocycles. The lowest BCUT2D eigenvalue weighted by atomic mass is 10.2. The Hall–Kier alpha value is -2.96. The summed E-state index contributed by atoms with van der Waals surface area (Å²) in [5.74, 6) is 2.23. The van der Waals surface area contributed by atoms with Gasteiger partial charge in [-0.1, -0.05) is 19.1 Å². The molecule has 0 radical (unpaired) electrons. The second-order valence-electron chi connectivity index (χ2n) is 7.91. The van der Waals surface area contributed by atoms with E-state index in [1.807, 2.05) is 43.0 Å². The number of nitrogens with zero attached hydrogens (tertiary/aromatic N) is 3. The van der Waals surface area contributed by atoms with Crippen LogP contribution in [0.25, 0.3) is 0 Å². The second kappa shape index (κ2) is 10.4. The highest BCUT2D eigenvalue weighted by Gasteiger charge is 2.25. The van der Waals surface area contributed by atoms with E-state index in [9.17, 15) is 9.59 Å².